The highest BCUT2D eigenvalue weighted by atomic mass is 16.7. The summed E-state index contributed by atoms with van der Waals surface area (Å²) in [7, 11) is 5.65. The summed E-state index contributed by atoms with van der Waals surface area (Å²) in [5.74, 6) is 0.548. The first-order valence-electron chi connectivity index (χ1n) is 7.67. The van der Waals surface area contributed by atoms with E-state index in [4.69, 9.17) is 4.84 Å². The fraction of sp³-hybridized carbons (Fsp3) is 0.438. The number of nitrogens with zero attached hydrogens (tertiary/aromatic N) is 5. The molecule has 0 aromatic carbocycles. The monoisotopic (exact) mass is 315 g/mol. The molecule has 7 heteroatoms. The molecule has 1 fully saturated rings. The Kier molecular flexibility index (Phi) is 4.29. The first-order valence-corrected chi connectivity index (χ1v) is 7.67. The Hall–Kier alpha value is -2.41. The molecule has 0 aliphatic carbocycles. The molecule has 2 aromatic heterocycles. The number of hydrogen-bond acceptors (Lipinski definition) is 5. The molecule has 0 radical (unpaired) electrons. The summed E-state index contributed by atoms with van der Waals surface area (Å²) in [5.41, 5.74) is 2.39. The molecule has 2 aromatic rings. The van der Waals surface area contributed by atoms with E-state index in [2.05, 4.69) is 9.97 Å². The summed E-state index contributed by atoms with van der Waals surface area (Å²) in [6, 6.07) is 1.86. The maximum absolute atomic E-state index is 12.6. The van der Waals surface area contributed by atoms with Crippen LogP contribution in [0.1, 0.15) is 23.3 Å². The second-order valence-electron chi connectivity index (χ2n) is 5.84. The lowest BCUT2D eigenvalue weighted by atomic mass is 10.2. The van der Waals surface area contributed by atoms with Crippen molar-refractivity contribution in [2.24, 2.45) is 7.05 Å². The second-order valence-corrected chi connectivity index (χ2v) is 5.84. The van der Waals surface area contributed by atoms with Gasteiger partial charge in [-0.15, -0.1) is 0 Å². The van der Waals surface area contributed by atoms with Crippen molar-refractivity contribution in [3.05, 3.63) is 30.4 Å². The van der Waals surface area contributed by atoms with Crippen molar-refractivity contribution in [3.8, 4) is 11.1 Å². The third kappa shape index (κ3) is 3.19. The molecule has 3 rings (SSSR count). The molecule has 0 saturated carbocycles. The first kappa shape index (κ1) is 15.5. The molecule has 0 unspecified atom stereocenters. The van der Waals surface area contributed by atoms with Crippen molar-refractivity contribution in [2.45, 2.75) is 12.8 Å². The van der Waals surface area contributed by atoms with Gasteiger partial charge in [-0.05, 0) is 18.9 Å². The van der Waals surface area contributed by atoms with Crippen molar-refractivity contribution in [1.82, 2.24) is 19.6 Å². The van der Waals surface area contributed by atoms with Gasteiger partial charge in [0, 0.05) is 57.4 Å². The second kappa shape index (κ2) is 6.37. The van der Waals surface area contributed by atoms with Gasteiger partial charge < -0.3 is 9.47 Å². The molecule has 0 atom stereocenters. The minimum absolute atomic E-state index is 0.107. The predicted molar refractivity (Wildman–Crippen MR) is 87.0 cm³/mol. The van der Waals surface area contributed by atoms with Gasteiger partial charge in [0.15, 0.2) is 0 Å². The minimum Gasteiger partial charge on any atom is -0.347 e. The quantitative estimate of drug-likeness (QED) is 0.863. The highest BCUT2D eigenvalue weighted by Gasteiger charge is 2.22. The molecule has 122 valence electrons. The van der Waals surface area contributed by atoms with Crippen LogP contribution in [0.3, 0.4) is 0 Å². The highest BCUT2D eigenvalue weighted by Crippen LogP contribution is 2.23. The molecule has 23 heavy (non-hydrogen) atoms. The zero-order valence-corrected chi connectivity index (χ0v) is 13.7. The fourth-order valence-electron chi connectivity index (χ4n) is 2.52. The Bertz CT molecular complexity index is 687. The average molecular weight is 315 g/mol. The lowest BCUT2D eigenvalue weighted by Gasteiger charge is -2.25. The van der Waals surface area contributed by atoms with E-state index in [0.717, 1.165) is 24.0 Å². The van der Waals surface area contributed by atoms with Crippen LogP contribution in [0.4, 0.5) is 5.95 Å². The van der Waals surface area contributed by atoms with Crippen molar-refractivity contribution in [3.63, 3.8) is 0 Å². The number of anilines is 1. The van der Waals surface area contributed by atoms with E-state index in [1.54, 1.807) is 12.4 Å². The number of carbonyl (C=O) groups excluding carboxylic acids is 1. The van der Waals surface area contributed by atoms with Crippen molar-refractivity contribution in [2.75, 3.05) is 32.1 Å². The molecular weight excluding hydrogens is 294 g/mol. The lowest BCUT2D eigenvalue weighted by Crippen LogP contribution is -2.36. The number of aryl methyl sites for hydroxylation is 1. The van der Waals surface area contributed by atoms with Gasteiger partial charge in [-0.2, -0.15) is 0 Å². The van der Waals surface area contributed by atoms with Gasteiger partial charge in [0.05, 0.1) is 6.61 Å². The third-order valence-electron chi connectivity index (χ3n) is 3.82. The van der Waals surface area contributed by atoms with Gasteiger partial charge in [-0.3, -0.25) is 9.63 Å². The molecule has 1 amide bonds. The standard InChI is InChI=1S/C16H21N5O2/c1-19(2)16-17-9-13(10-18-16)12-8-14(20(3)11-12)15(22)21-6-4-5-7-23-21/h8-11H,4-7H2,1-3H3. The summed E-state index contributed by atoms with van der Waals surface area (Å²) >= 11 is 0. The molecule has 3 heterocycles. The van der Waals surface area contributed by atoms with E-state index in [0.29, 0.717) is 24.8 Å². The van der Waals surface area contributed by atoms with Crippen LogP contribution in [0.2, 0.25) is 0 Å². The maximum Gasteiger partial charge on any atom is 0.294 e. The van der Waals surface area contributed by atoms with Crippen LogP contribution in [0, 0.1) is 0 Å². The average Bonchev–Trinajstić information content (AvgIpc) is 2.97. The Morgan fingerprint density at radius 1 is 1.22 bits per heavy atom. The molecule has 0 spiro atoms. The van der Waals surface area contributed by atoms with Crippen LogP contribution >= 0.6 is 0 Å². The van der Waals surface area contributed by atoms with Crippen LogP contribution < -0.4 is 4.90 Å². The minimum atomic E-state index is -0.107. The summed E-state index contributed by atoms with van der Waals surface area (Å²) in [6.07, 6.45) is 7.42. The number of rotatable bonds is 3. The van der Waals surface area contributed by atoms with E-state index in [-0.39, 0.29) is 5.91 Å². The van der Waals surface area contributed by atoms with Crippen molar-refractivity contribution >= 4 is 11.9 Å². The summed E-state index contributed by atoms with van der Waals surface area (Å²) in [5, 5.41) is 1.45. The van der Waals surface area contributed by atoms with Gasteiger partial charge in [-0.25, -0.2) is 15.0 Å². The number of hydrogen-bond donors (Lipinski definition) is 0. The van der Waals surface area contributed by atoms with Crippen LogP contribution in [-0.2, 0) is 11.9 Å². The van der Waals surface area contributed by atoms with Gasteiger partial charge in [-0.1, -0.05) is 0 Å². The first-order chi connectivity index (χ1) is 11.1. The predicted octanol–water partition coefficient (Wildman–Crippen LogP) is 1.72. The lowest BCUT2D eigenvalue weighted by molar-refractivity contribution is -0.144. The summed E-state index contributed by atoms with van der Waals surface area (Å²) in [4.78, 5) is 28.5. The van der Waals surface area contributed by atoms with Crippen LogP contribution in [0.25, 0.3) is 11.1 Å². The Labute approximate surface area is 135 Å². The number of aromatic nitrogens is 3. The van der Waals surface area contributed by atoms with Gasteiger partial charge >= 0.3 is 0 Å². The van der Waals surface area contributed by atoms with E-state index >= 15 is 0 Å². The van der Waals surface area contributed by atoms with E-state index in [9.17, 15) is 4.79 Å². The smallest absolute Gasteiger partial charge is 0.294 e. The van der Waals surface area contributed by atoms with E-state index < -0.39 is 0 Å². The van der Waals surface area contributed by atoms with Crippen LogP contribution in [0.5, 0.6) is 0 Å². The van der Waals surface area contributed by atoms with Crippen molar-refractivity contribution < 1.29 is 9.63 Å². The maximum atomic E-state index is 12.6. The molecule has 1 saturated heterocycles. The molecule has 1 aliphatic rings. The van der Waals surface area contributed by atoms with Crippen LogP contribution in [0.15, 0.2) is 24.7 Å². The number of hydroxylamine groups is 2. The van der Waals surface area contributed by atoms with Crippen LogP contribution in [-0.4, -0.2) is 52.8 Å². The van der Waals surface area contributed by atoms with E-state index in [1.807, 2.05) is 42.9 Å². The van der Waals surface area contributed by atoms with E-state index in [1.165, 1.54) is 5.06 Å². The Morgan fingerprint density at radius 2 is 1.96 bits per heavy atom. The fourth-order valence-corrected chi connectivity index (χ4v) is 2.52. The molecule has 7 nitrogen and oxygen atoms in total. The Morgan fingerprint density at radius 3 is 2.57 bits per heavy atom. The molecule has 0 N–H and O–H groups in total. The molecular formula is C16H21N5O2. The summed E-state index contributed by atoms with van der Waals surface area (Å²) < 4.78 is 1.81. The van der Waals surface area contributed by atoms with Gasteiger partial charge in [0.25, 0.3) is 5.91 Å². The number of carbonyl (C=O) groups is 1. The molecule has 0 bridgehead atoms. The van der Waals surface area contributed by atoms with Crippen molar-refractivity contribution in [1.29, 1.82) is 0 Å². The number of amides is 1. The molecule has 1 aliphatic heterocycles. The Balaban J connectivity index is 1.84. The van der Waals surface area contributed by atoms with Gasteiger partial charge in [0.2, 0.25) is 5.95 Å². The normalized spacial score (nSPS) is 14.8. The zero-order chi connectivity index (χ0) is 16.4. The SMILES string of the molecule is CN(C)c1ncc(-c2cc(C(=O)N3CCCCO3)n(C)c2)cn1. The zero-order valence-electron chi connectivity index (χ0n) is 13.7. The van der Waals surface area contributed by atoms with Gasteiger partial charge in [0.1, 0.15) is 5.69 Å². The highest BCUT2D eigenvalue weighted by molar-refractivity contribution is 5.93. The summed E-state index contributed by atoms with van der Waals surface area (Å²) in [6.45, 7) is 1.24. The topological polar surface area (TPSA) is 63.5 Å². The largest absolute Gasteiger partial charge is 0.347 e. The third-order valence-corrected chi connectivity index (χ3v) is 3.82.